The van der Waals surface area contributed by atoms with Crippen molar-refractivity contribution >= 4 is 17.5 Å². The molecule has 1 aromatic rings. The van der Waals surface area contributed by atoms with Crippen LogP contribution in [0.4, 0.5) is 10.1 Å². The highest BCUT2D eigenvalue weighted by Crippen LogP contribution is 2.22. The summed E-state index contributed by atoms with van der Waals surface area (Å²) in [7, 11) is 1.71. The average Bonchev–Trinajstić information content (AvgIpc) is 2.48. The Morgan fingerprint density at radius 1 is 1.38 bits per heavy atom. The van der Waals surface area contributed by atoms with Gasteiger partial charge in [0.05, 0.1) is 11.3 Å². The molecule has 1 saturated heterocycles. The third-order valence-corrected chi connectivity index (χ3v) is 3.54. The van der Waals surface area contributed by atoms with Gasteiger partial charge in [0.2, 0.25) is 5.91 Å². The zero-order valence-electron chi connectivity index (χ0n) is 12.4. The van der Waals surface area contributed by atoms with Crippen molar-refractivity contribution in [3.8, 4) is 0 Å². The zero-order chi connectivity index (χ0) is 15.4. The van der Waals surface area contributed by atoms with Gasteiger partial charge < -0.3 is 15.1 Å². The molecule has 1 aliphatic rings. The molecule has 2 rings (SSSR count). The van der Waals surface area contributed by atoms with Crippen molar-refractivity contribution in [1.29, 1.82) is 0 Å². The van der Waals surface area contributed by atoms with Crippen LogP contribution < -0.4 is 5.32 Å². The Morgan fingerprint density at radius 3 is 2.81 bits per heavy atom. The summed E-state index contributed by atoms with van der Waals surface area (Å²) in [5.41, 5.74) is 0.497. The summed E-state index contributed by atoms with van der Waals surface area (Å²) >= 11 is 0. The minimum absolute atomic E-state index is 0.0407. The molecule has 0 aliphatic carbocycles. The molecular formula is C15H20FN3O2. The number of carbonyl (C=O) groups is 2. The Balaban J connectivity index is 2.22. The van der Waals surface area contributed by atoms with Crippen molar-refractivity contribution in [1.82, 2.24) is 9.80 Å². The Kier molecular flexibility index (Phi) is 4.77. The molecule has 6 heteroatoms. The number of hydrogen-bond donors (Lipinski definition) is 1. The molecule has 0 atom stereocenters. The molecular weight excluding hydrogens is 273 g/mol. The summed E-state index contributed by atoms with van der Waals surface area (Å²) in [5, 5.41) is 2.95. The van der Waals surface area contributed by atoms with E-state index in [9.17, 15) is 14.0 Å². The van der Waals surface area contributed by atoms with Crippen LogP contribution >= 0.6 is 0 Å². The van der Waals surface area contributed by atoms with Gasteiger partial charge in [-0.1, -0.05) is 13.0 Å². The zero-order valence-corrected chi connectivity index (χ0v) is 12.4. The first kappa shape index (κ1) is 15.3. The standard InChI is InChI=1S/C15H20FN3O2/c1-3-7-17-14-11(5-4-6-12(14)16)15(21)19-9-8-18(2)13(20)10-19/h4-6,17H,3,7-10H2,1-2H3. The van der Waals surface area contributed by atoms with E-state index in [1.807, 2.05) is 6.92 Å². The van der Waals surface area contributed by atoms with E-state index in [0.29, 0.717) is 19.6 Å². The van der Waals surface area contributed by atoms with Crippen molar-refractivity contribution in [3.05, 3.63) is 29.6 Å². The topological polar surface area (TPSA) is 52.7 Å². The lowest BCUT2D eigenvalue weighted by Crippen LogP contribution is -2.50. The number of para-hydroxylation sites is 1. The molecule has 0 radical (unpaired) electrons. The molecule has 0 unspecified atom stereocenters. The Labute approximate surface area is 123 Å². The van der Waals surface area contributed by atoms with Gasteiger partial charge in [-0.25, -0.2) is 4.39 Å². The van der Waals surface area contributed by atoms with Crippen molar-refractivity contribution in [2.24, 2.45) is 0 Å². The average molecular weight is 293 g/mol. The number of hydrogen-bond acceptors (Lipinski definition) is 3. The largest absolute Gasteiger partial charge is 0.382 e. The van der Waals surface area contributed by atoms with E-state index in [0.717, 1.165) is 6.42 Å². The van der Waals surface area contributed by atoms with E-state index in [1.54, 1.807) is 18.0 Å². The van der Waals surface area contributed by atoms with Gasteiger partial charge in [0.25, 0.3) is 5.91 Å². The van der Waals surface area contributed by atoms with E-state index in [2.05, 4.69) is 5.32 Å². The first-order valence-electron chi connectivity index (χ1n) is 7.10. The van der Waals surface area contributed by atoms with E-state index in [-0.39, 0.29) is 29.6 Å². The number of amides is 2. The first-order valence-corrected chi connectivity index (χ1v) is 7.10. The molecule has 0 bridgehead atoms. The van der Waals surface area contributed by atoms with Crippen LogP contribution in [0.1, 0.15) is 23.7 Å². The second-order valence-corrected chi connectivity index (χ2v) is 5.13. The van der Waals surface area contributed by atoms with Gasteiger partial charge in [-0.05, 0) is 18.6 Å². The van der Waals surface area contributed by atoms with Gasteiger partial charge in [-0.15, -0.1) is 0 Å². The molecule has 1 aromatic carbocycles. The maximum atomic E-state index is 13.9. The van der Waals surface area contributed by atoms with Crippen LogP contribution in [-0.4, -0.2) is 54.8 Å². The lowest BCUT2D eigenvalue weighted by molar-refractivity contribution is -0.133. The molecule has 1 aliphatic heterocycles. The number of rotatable bonds is 4. The second kappa shape index (κ2) is 6.56. The Morgan fingerprint density at radius 2 is 2.14 bits per heavy atom. The number of nitrogens with zero attached hydrogens (tertiary/aromatic N) is 2. The first-order chi connectivity index (χ1) is 10.0. The molecule has 1 N–H and O–H groups in total. The van der Waals surface area contributed by atoms with Crippen molar-refractivity contribution in [3.63, 3.8) is 0 Å². The van der Waals surface area contributed by atoms with Gasteiger partial charge in [0.15, 0.2) is 0 Å². The number of benzene rings is 1. The van der Waals surface area contributed by atoms with Crippen molar-refractivity contribution < 1.29 is 14.0 Å². The van der Waals surface area contributed by atoms with Crippen LogP contribution in [0.3, 0.4) is 0 Å². The number of halogens is 1. The molecule has 0 spiro atoms. The van der Waals surface area contributed by atoms with E-state index >= 15 is 0 Å². The fourth-order valence-electron chi connectivity index (χ4n) is 2.23. The molecule has 0 aromatic heterocycles. The molecule has 2 amide bonds. The predicted octanol–water partition coefficient (Wildman–Crippen LogP) is 1.56. The number of anilines is 1. The number of carbonyl (C=O) groups excluding carboxylic acids is 2. The summed E-state index contributed by atoms with van der Waals surface area (Å²) in [6.45, 7) is 3.55. The highest BCUT2D eigenvalue weighted by Gasteiger charge is 2.27. The van der Waals surface area contributed by atoms with Crippen molar-refractivity contribution in [2.75, 3.05) is 38.5 Å². The third kappa shape index (κ3) is 3.32. The molecule has 1 heterocycles. The second-order valence-electron chi connectivity index (χ2n) is 5.13. The number of nitrogens with one attached hydrogen (secondary N) is 1. The van der Waals surface area contributed by atoms with E-state index < -0.39 is 5.82 Å². The SMILES string of the molecule is CCCNc1c(F)cccc1C(=O)N1CCN(C)C(=O)C1. The van der Waals surface area contributed by atoms with Gasteiger partial charge in [0, 0.05) is 26.7 Å². The normalized spacial score (nSPS) is 15.3. The van der Waals surface area contributed by atoms with Gasteiger partial charge in [-0.2, -0.15) is 0 Å². The minimum Gasteiger partial charge on any atom is -0.382 e. The fourth-order valence-corrected chi connectivity index (χ4v) is 2.23. The van der Waals surface area contributed by atoms with Crippen LogP contribution in [0.5, 0.6) is 0 Å². The third-order valence-electron chi connectivity index (χ3n) is 3.54. The molecule has 0 saturated carbocycles. The minimum atomic E-state index is -0.449. The van der Waals surface area contributed by atoms with Crippen LogP contribution in [0, 0.1) is 5.82 Å². The van der Waals surface area contributed by atoms with Gasteiger partial charge in [-0.3, -0.25) is 9.59 Å². The van der Waals surface area contributed by atoms with Crippen LogP contribution in [0.15, 0.2) is 18.2 Å². The van der Waals surface area contributed by atoms with Crippen LogP contribution in [0.25, 0.3) is 0 Å². The maximum Gasteiger partial charge on any atom is 0.256 e. The summed E-state index contributed by atoms with van der Waals surface area (Å²) < 4.78 is 13.9. The quantitative estimate of drug-likeness (QED) is 0.916. The van der Waals surface area contributed by atoms with Gasteiger partial charge >= 0.3 is 0 Å². The van der Waals surface area contributed by atoms with Crippen molar-refractivity contribution in [2.45, 2.75) is 13.3 Å². The maximum absolute atomic E-state index is 13.9. The lowest BCUT2D eigenvalue weighted by Gasteiger charge is -2.32. The number of piperazine rings is 1. The highest BCUT2D eigenvalue weighted by molar-refractivity contribution is 6.01. The van der Waals surface area contributed by atoms with Gasteiger partial charge in [0.1, 0.15) is 12.4 Å². The predicted molar refractivity (Wildman–Crippen MR) is 78.7 cm³/mol. The van der Waals surface area contributed by atoms with E-state index in [4.69, 9.17) is 0 Å². The van der Waals surface area contributed by atoms with E-state index in [1.165, 1.54) is 17.0 Å². The Bertz CT molecular complexity index is 548. The molecule has 1 fully saturated rings. The fraction of sp³-hybridized carbons (Fsp3) is 0.467. The smallest absolute Gasteiger partial charge is 0.256 e. The lowest BCUT2D eigenvalue weighted by atomic mass is 10.1. The summed E-state index contributed by atoms with van der Waals surface area (Å²) in [6, 6.07) is 4.42. The Hall–Kier alpha value is -2.11. The summed E-state index contributed by atoms with van der Waals surface area (Å²) in [6.07, 6.45) is 0.828. The van der Waals surface area contributed by atoms with Crippen LogP contribution in [-0.2, 0) is 4.79 Å². The molecule has 114 valence electrons. The monoisotopic (exact) mass is 293 g/mol. The molecule has 5 nitrogen and oxygen atoms in total. The summed E-state index contributed by atoms with van der Waals surface area (Å²) in [4.78, 5) is 27.3. The molecule has 21 heavy (non-hydrogen) atoms. The van der Waals surface area contributed by atoms with Crippen LogP contribution in [0.2, 0.25) is 0 Å². The highest BCUT2D eigenvalue weighted by atomic mass is 19.1. The number of likely N-dealkylation sites (N-methyl/N-ethyl adjacent to an activating group) is 1. The summed E-state index contributed by atoms with van der Waals surface area (Å²) in [5.74, 6) is -0.863.